The summed E-state index contributed by atoms with van der Waals surface area (Å²) in [4.78, 5) is 21.3. The molecule has 4 nitrogen and oxygen atoms in total. The minimum Gasteiger partial charge on any atom is -0.309 e. The van der Waals surface area contributed by atoms with Gasteiger partial charge in [-0.15, -0.1) is 0 Å². The van der Waals surface area contributed by atoms with Crippen molar-refractivity contribution in [1.82, 2.24) is 9.88 Å². The van der Waals surface area contributed by atoms with Gasteiger partial charge in [0.15, 0.2) is 0 Å². The Labute approximate surface area is 142 Å². The van der Waals surface area contributed by atoms with E-state index in [0.29, 0.717) is 12.5 Å². The zero-order valence-electron chi connectivity index (χ0n) is 14.1. The maximum atomic E-state index is 12.8. The standard InChI is InChI=1S/C17H26BrN3O/c1-12-8-14(12)16(22)21(11-17(2,3)10-20(4)5)15-7-6-13(18)9-19-15/h6-7,9,12,14H,8,10-11H2,1-5H3/t12-,14+/m1/s1. The van der Waals surface area contributed by atoms with Gasteiger partial charge in [0.05, 0.1) is 0 Å². The number of amides is 1. The Morgan fingerprint density at radius 3 is 2.45 bits per heavy atom. The monoisotopic (exact) mass is 367 g/mol. The van der Waals surface area contributed by atoms with Gasteiger partial charge in [-0.25, -0.2) is 4.98 Å². The first-order valence-corrected chi connectivity index (χ1v) is 8.56. The Bertz CT molecular complexity index is 527. The van der Waals surface area contributed by atoms with E-state index in [2.05, 4.69) is 60.7 Å². The Morgan fingerprint density at radius 2 is 2.00 bits per heavy atom. The van der Waals surface area contributed by atoms with Crippen molar-refractivity contribution in [3.63, 3.8) is 0 Å². The molecule has 122 valence electrons. The summed E-state index contributed by atoms with van der Waals surface area (Å²) in [7, 11) is 4.13. The molecule has 1 aromatic rings. The smallest absolute Gasteiger partial charge is 0.231 e. The number of carbonyl (C=O) groups is 1. The van der Waals surface area contributed by atoms with Crippen molar-refractivity contribution in [2.75, 3.05) is 32.1 Å². The predicted octanol–water partition coefficient (Wildman–Crippen LogP) is 3.42. The van der Waals surface area contributed by atoms with E-state index in [-0.39, 0.29) is 17.2 Å². The van der Waals surface area contributed by atoms with E-state index in [1.165, 1.54) is 0 Å². The van der Waals surface area contributed by atoms with Crippen LogP contribution in [0.25, 0.3) is 0 Å². The van der Waals surface area contributed by atoms with Crippen molar-refractivity contribution in [1.29, 1.82) is 0 Å². The summed E-state index contributed by atoms with van der Waals surface area (Å²) in [5.41, 5.74) is 0.00599. The largest absolute Gasteiger partial charge is 0.309 e. The minimum absolute atomic E-state index is 0.00599. The summed E-state index contributed by atoms with van der Waals surface area (Å²) >= 11 is 3.40. The number of pyridine rings is 1. The average Bonchev–Trinajstić information content (AvgIpc) is 3.12. The van der Waals surface area contributed by atoms with Crippen molar-refractivity contribution in [2.45, 2.75) is 27.2 Å². The fourth-order valence-electron chi connectivity index (χ4n) is 3.00. The molecule has 0 saturated heterocycles. The van der Waals surface area contributed by atoms with Crippen LogP contribution in [-0.4, -0.2) is 43.0 Å². The highest BCUT2D eigenvalue weighted by atomic mass is 79.9. The van der Waals surface area contributed by atoms with Gasteiger partial charge in [0.2, 0.25) is 5.91 Å². The molecule has 0 aliphatic heterocycles. The molecule has 0 aromatic carbocycles. The van der Waals surface area contributed by atoms with Gasteiger partial charge >= 0.3 is 0 Å². The van der Waals surface area contributed by atoms with E-state index in [0.717, 1.165) is 23.3 Å². The van der Waals surface area contributed by atoms with E-state index in [4.69, 9.17) is 0 Å². The molecule has 0 spiro atoms. The van der Waals surface area contributed by atoms with Gasteiger partial charge in [0.25, 0.3) is 0 Å². The second-order valence-electron chi connectivity index (χ2n) is 7.48. The molecule has 1 aliphatic rings. The van der Waals surface area contributed by atoms with E-state index in [1.54, 1.807) is 6.20 Å². The van der Waals surface area contributed by atoms with Gasteiger partial charge in [0.1, 0.15) is 5.82 Å². The van der Waals surface area contributed by atoms with E-state index >= 15 is 0 Å². The highest BCUT2D eigenvalue weighted by molar-refractivity contribution is 9.10. The number of aromatic nitrogens is 1. The third kappa shape index (κ3) is 4.53. The zero-order chi connectivity index (χ0) is 16.5. The number of halogens is 1. The van der Waals surface area contributed by atoms with Gasteiger partial charge < -0.3 is 4.90 Å². The lowest BCUT2D eigenvalue weighted by molar-refractivity contribution is -0.120. The summed E-state index contributed by atoms with van der Waals surface area (Å²) in [5, 5.41) is 0. The van der Waals surface area contributed by atoms with Gasteiger partial charge in [-0.2, -0.15) is 0 Å². The van der Waals surface area contributed by atoms with Crippen LogP contribution in [0.4, 0.5) is 5.82 Å². The second kappa shape index (κ2) is 6.67. The molecule has 0 N–H and O–H groups in total. The highest BCUT2D eigenvalue weighted by Crippen LogP contribution is 2.40. The summed E-state index contributed by atoms with van der Waals surface area (Å²) < 4.78 is 0.927. The molecule has 5 heteroatoms. The lowest BCUT2D eigenvalue weighted by Crippen LogP contribution is -2.44. The molecule has 1 aliphatic carbocycles. The Balaban J connectivity index is 2.21. The molecule has 2 rings (SSSR count). The van der Waals surface area contributed by atoms with Gasteiger partial charge in [-0.1, -0.05) is 20.8 Å². The number of anilines is 1. The molecule has 22 heavy (non-hydrogen) atoms. The van der Waals surface area contributed by atoms with Crippen LogP contribution < -0.4 is 4.90 Å². The molecule has 1 heterocycles. The normalized spacial score (nSPS) is 21.0. The predicted molar refractivity (Wildman–Crippen MR) is 93.9 cm³/mol. The van der Waals surface area contributed by atoms with Crippen molar-refractivity contribution in [2.24, 2.45) is 17.3 Å². The highest BCUT2D eigenvalue weighted by Gasteiger charge is 2.43. The number of carbonyl (C=O) groups excluding carboxylic acids is 1. The van der Waals surface area contributed by atoms with Gasteiger partial charge in [-0.05, 0) is 59.9 Å². The molecular weight excluding hydrogens is 342 g/mol. The van der Waals surface area contributed by atoms with Crippen LogP contribution in [0.3, 0.4) is 0 Å². The molecule has 0 radical (unpaired) electrons. The summed E-state index contributed by atoms with van der Waals surface area (Å²) in [6.07, 6.45) is 2.75. The first-order valence-electron chi connectivity index (χ1n) is 7.77. The van der Waals surface area contributed by atoms with Gasteiger partial charge in [-0.3, -0.25) is 9.69 Å². The average molecular weight is 368 g/mol. The summed E-state index contributed by atoms with van der Waals surface area (Å²) in [6, 6.07) is 3.86. The maximum Gasteiger partial charge on any atom is 0.231 e. The Morgan fingerprint density at radius 1 is 1.36 bits per heavy atom. The number of hydrogen-bond donors (Lipinski definition) is 0. The van der Waals surface area contributed by atoms with Gasteiger partial charge in [0, 0.05) is 29.7 Å². The Kier molecular flexibility index (Phi) is 5.28. The van der Waals surface area contributed by atoms with E-state index < -0.39 is 0 Å². The number of rotatable bonds is 6. The van der Waals surface area contributed by atoms with Crippen molar-refractivity contribution in [3.05, 3.63) is 22.8 Å². The molecule has 0 unspecified atom stereocenters. The SMILES string of the molecule is C[C@@H]1C[C@@H]1C(=O)N(CC(C)(C)CN(C)C)c1ccc(Br)cn1. The van der Waals surface area contributed by atoms with Crippen molar-refractivity contribution in [3.8, 4) is 0 Å². The third-order valence-electron chi connectivity index (χ3n) is 4.01. The van der Waals surface area contributed by atoms with E-state index in [1.807, 2.05) is 17.0 Å². The van der Waals surface area contributed by atoms with E-state index in [9.17, 15) is 4.79 Å². The van der Waals surface area contributed by atoms with Crippen LogP contribution in [0, 0.1) is 17.3 Å². The lowest BCUT2D eigenvalue weighted by Gasteiger charge is -2.34. The first kappa shape index (κ1) is 17.4. The van der Waals surface area contributed by atoms with Crippen LogP contribution in [-0.2, 0) is 4.79 Å². The van der Waals surface area contributed by atoms with Crippen LogP contribution in [0.15, 0.2) is 22.8 Å². The Hall–Kier alpha value is -0.940. The van der Waals surface area contributed by atoms with Crippen LogP contribution in [0.2, 0.25) is 0 Å². The first-order chi connectivity index (χ1) is 10.2. The molecule has 1 saturated carbocycles. The third-order valence-corrected chi connectivity index (χ3v) is 4.48. The number of nitrogens with zero attached hydrogens (tertiary/aromatic N) is 3. The molecule has 1 amide bonds. The summed E-state index contributed by atoms with van der Waals surface area (Å²) in [6.45, 7) is 8.14. The fraction of sp³-hybridized carbons (Fsp3) is 0.647. The number of hydrogen-bond acceptors (Lipinski definition) is 3. The molecular formula is C17H26BrN3O. The second-order valence-corrected chi connectivity index (χ2v) is 8.40. The maximum absolute atomic E-state index is 12.8. The minimum atomic E-state index is 0.00599. The molecule has 2 atom stereocenters. The zero-order valence-corrected chi connectivity index (χ0v) is 15.7. The molecule has 1 fully saturated rings. The summed E-state index contributed by atoms with van der Waals surface area (Å²) in [5.74, 6) is 1.64. The molecule has 0 bridgehead atoms. The fourth-order valence-corrected chi connectivity index (χ4v) is 3.23. The van der Waals surface area contributed by atoms with Crippen molar-refractivity contribution < 1.29 is 4.79 Å². The van der Waals surface area contributed by atoms with Crippen molar-refractivity contribution >= 4 is 27.7 Å². The molecule has 1 aromatic heterocycles. The lowest BCUT2D eigenvalue weighted by atomic mass is 9.92. The van der Waals surface area contributed by atoms with Crippen LogP contribution in [0.1, 0.15) is 27.2 Å². The quantitative estimate of drug-likeness (QED) is 0.772. The topological polar surface area (TPSA) is 36.4 Å². The van der Waals surface area contributed by atoms with Crippen LogP contribution >= 0.6 is 15.9 Å². The van der Waals surface area contributed by atoms with Crippen LogP contribution in [0.5, 0.6) is 0 Å².